The quantitative estimate of drug-likeness (QED) is 0.586. The van der Waals surface area contributed by atoms with Crippen molar-refractivity contribution in [3.63, 3.8) is 0 Å². The van der Waals surface area contributed by atoms with Gasteiger partial charge in [-0.05, 0) is 47.9 Å². The van der Waals surface area contributed by atoms with Crippen LogP contribution in [-0.4, -0.2) is 21.4 Å². The Labute approximate surface area is 186 Å². The average molecular weight is 457 g/mol. The smallest absolute Gasteiger partial charge is 0.263 e. The molecule has 8 heteroatoms. The molecule has 0 spiro atoms. The lowest BCUT2D eigenvalue weighted by Crippen LogP contribution is -2.34. The number of aryl methyl sites for hydroxylation is 1. The van der Waals surface area contributed by atoms with Gasteiger partial charge in [-0.25, -0.2) is 8.42 Å². The number of fused-ring (bicyclic) bond motifs is 1. The number of carbonyl (C=O) groups is 1. The van der Waals surface area contributed by atoms with Crippen LogP contribution < -0.4 is 14.4 Å². The Hall–Kier alpha value is -3.03. The molecule has 0 unspecified atom stereocenters. The molecule has 0 bridgehead atoms. The molecule has 1 aliphatic rings. The van der Waals surface area contributed by atoms with E-state index >= 15 is 0 Å². The van der Waals surface area contributed by atoms with Gasteiger partial charge in [0.2, 0.25) is 5.91 Å². The molecule has 4 rings (SSSR count). The predicted octanol–water partition coefficient (Wildman–Crippen LogP) is 4.63. The number of methoxy groups -OCH3 is 1. The lowest BCUT2D eigenvalue weighted by Gasteiger charge is -2.30. The van der Waals surface area contributed by atoms with Gasteiger partial charge in [0.25, 0.3) is 10.0 Å². The van der Waals surface area contributed by atoms with E-state index in [4.69, 9.17) is 16.3 Å². The van der Waals surface area contributed by atoms with Gasteiger partial charge < -0.3 is 9.64 Å². The number of amides is 1. The maximum atomic E-state index is 12.8. The third-order valence-corrected chi connectivity index (χ3v) is 7.01. The molecular formula is C23H21ClN2O4S. The number of halogens is 1. The molecule has 0 radical (unpaired) electrons. The first-order chi connectivity index (χ1) is 14.9. The maximum absolute atomic E-state index is 12.8. The summed E-state index contributed by atoms with van der Waals surface area (Å²) < 4.78 is 33.3. The fourth-order valence-corrected chi connectivity index (χ4v) is 5.18. The van der Waals surface area contributed by atoms with Crippen LogP contribution in [0.1, 0.15) is 17.5 Å². The summed E-state index contributed by atoms with van der Waals surface area (Å²) in [6.45, 7) is 0.471. The lowest BCUT2D eigenvalue weighted by atomic mass is 10.00. The Morgan fingerprint density at radius 3 is 2.52 bits per heavy atom. The zero-order valence-corrected chi connectivity index (χ0v) is 18.4. The number of sulfonamides is 1. The van der Waals surface area contributed by atoms with E-state index in [1.807, 2.05) is 30.3 Å². The molecule has 0 saturated carbocycles. The Morgan fingerprint density at radius 2 is 1.81 bits per heavy atom. The molecule has 0 atom stereocenters. The maximum Gasteiger partial charge on any atom is 0.263 e. The zero-order chi connectivity index (χ0) is 22.0. The van der Waals surface area contributed by atoms with Gasteiger partial charge in [0.15, 0.2) is 0 Å². The van der Waals surface area contributed by atoms with Gasteiger partial charge in [-0.3, -0.25) is 9.52 Å². The minimum Gasteiger partial charge on any atom is -0.497 e. The lowest BCUT2D eigenvalue weighted by molar-refractivity contribution is -0.119. The summed E-state index contributed by atoms with van der Waals surface area (Å²) in [5, 5.41) is 0.0736. The Kier molecular flexibility index (Phi) is 5.89. The van der Waals surface area contributed by atoms with Crippen molar-refractivity contribution >= 4 is 38.9 Å². The fraction of sp³-hybridized carbons (Fsp3) is 0.174. The Morgan fingerprint density at radius 1 is 1.03 bits per heavy atom. The second kappa shape index (κ2) is 8.61. The van der Waals surface area contributed by atoms with Crippen molar-refractivity contribution in [1.29, 1.82) is 0 Å². The van der Waals surface area contributed by atoms with Crippen molar-refractivity contribution in [3.05, 3.63) is 82.9 Å². The summed E-state index contributed by atoms with van der Waals surface area (Å²) in [5.41, 5.74) is 3.16. The van der Waals surface area contributed by atoms with Crippen LogP contribution in [0.25, 0.3) is 0 Å². The van der Waals surface area contributed by atoms with Crippen LogP contribution in [-0.2, 0) is 27.8 Å². The highest BCUT2D eigenvalue weighted by Crippen LogP contribution is 2.33. The van der Waals surface area contributed by atoms with Crippen LogP contribution in [0.2, 0.25) is 5.02 Å². The van der Waals surface area contributed by atoms with E-state index in [1.165, 1.54) is 19.2 Å². The molecule has 31 heavy (non-hydrogen) atoms. The minimum atomic E-state index is -3.89. The normalized spacial score (nSPS) is 13.6. The molecular weight excluding hydrogens is 436 g/mol. The van der Waals surface area contributed by atoms with Crippen molar-refractivity contribution in [2.45, 2.75) is 24.3 Å². The summed E-state index contributed by atoms with van der Waals surface area (Å²) in [6.07, 6.45) is 0.929. The van der Waals surface area contributed by atoms with Crippen LogP contribution in [0.5, 0.6) is 5.75 Å². The van der Waals surface area contributed by atoms with E-state index in [9.17, 15) is 13.2 Å². The first-order valence-electron chi connectivity index (χ1n) is 9.71. The summed E-state index contributed by atoms with van der Waals surface area (Å²) >= 11 is 6.14. The molecule has 0 saturated heterocycles. The molecule has 1 amide bonds. The number of rotatable bonds is 6. The van der Waals surface area contributed by atoms with Crippen molar-refractivity contribution in [2.75, 3.05) is 16.7 Å². The van der Waals surface area contributed by atoms with Crippen molar-refractivity contribution in [1.82, 2.24) is 0 Å². The monoisotopic (exact) mass is 456 g/mol. The van der Waals surface area contributed by atoms with Crippen molar-refractivity contribution in [3.8, 4) is 5.75 Å². The van der Waals surface area contributed by atoms with Gasteiger partial charge in [-0.1, -0.05) is 41.9 Å². The van der Waals surface area contributed by atoms with Gasteiger partial charge in [0, 0.05) is 23.9 Å². The van der Waals surface area contributed by atoms with E-state index in [0.29, 0.717) is 30.8 Å². The standard InChI is InChI=1S/C23H21ClN2O4S/c1-30-19-9-11-22(20(24)14-19)31(28,29)25-18-8-10-21-17(13-18)7-12-23(27)26(21)15-16-5-3-2-4-6-16/h2-6,8-11,13-14,25H,7,12,15H2,1H3. The minimum absolute atomic E-state index is 0.0337. The summed E-state index contributed by atoms with van der Waals surface area (Å²) in [5.74, 6) is 0.524. The molecule has 1 aliphatic heterocycles. The average Bonchev–Trinajstić information content (AvgIpc) is 2.76. The van der Waals surface area contributed by atoms with Crippen LogP contribution in [0.4, 0.5) is 11.4 Å². The third kappa shape index (κ3) is 4.52. The van der Waals surface area contributed by atoms with E-state index in [0.717, 1.165) is 16.8 Å². The van der Waals surface area contributed by atoms with E-state index < -0.39 is 10.0 Å². The molecule has 6 nitrogen and oxygen atoms in total. The molecule has 1 N–H and O–H groups in total. The van der Waals surface area contributed by atoms with Crippen molar-refractivity contribution in [2.24, 2.45) is 0 Å². The SMILES string of the molecule is COc1ccc(S(=O)(=O)Nc2ccc3c(c2)CCC(=O)N3Cc2ccccc2)c(Cl)c1. The van der Waals surface area contributed by atoms with E-state index in [1.54, 1.807) is 29.2 Å². The Balaban J connectivity index is 1.60. The van der Waals surface area contributed by atoms with Crippen molar-refractivity contribution < 1.29 is 17.9 Å². The van der Waals surface area contributed by atoms with Crippen LogP contribution in [0.15, 0.2) is 71.6 Å². The molecule has 160 valence electrons. The summed E-state index contributed by atoms with van der Waals surface area (Å²) in [4.78, 5) is 14.2. The van der Waals surface area contributed by atoms with Gasteiger partial charge >= 0.3 is 0 Å². The van der Waals surface area contributed by atoms with Gasteiger partial charge in [-0.2, -0.15) is 0 Å². The number of nitrogens with zero attached hydrogens (tertiary/aromatic N) is 1. The second-order valence-electron chi connectivity index (χ2n) is 7.21. The number of ether oxygens (including phenoxy) is 1. The number of nitrogens with one attached hydrogen (secondary N) is 1. The van der Waals surface area contributed by atoms with Gasteiger partial charge in [0.05, 0.1) is 18.7 Å². The first kappa shape index (κ1) is 21.2. The number of benzene rings is 3. The fourth-order valence-electron chi connectivity index (χ4n) is 3.60. The number of carbonyl (C=O) groups excluding carboxylic acids is 1. The number of hydrogen-bond donors (Lipinski definition) is 1. The zero-order valence-electron chi connectivity index (χ0n) is 16.8. The van der Waals surface area contributed by atoms with Crippen LogP contribution in [0, 0.1) is 0 Å². The molecule has 1 heterocycles. The third-order valence-electron chi connectivity index (χ3n) is 5.14. The van der Waals surface area contributed by atoms with Gasteiger partial charge in [0.1, 0.15) is 10.6 Å². The molecule has 0 fully saturated rings. The highest BCUT2D eigenvalue weighted by atomic mass is 35.5. The van der Waals surface area contributed by atoms with E-state index in [2.05, 4.69) is 4.72 Å². The summed E-state index contributed by atoms with van der Waals surface area (Å²) in [6, 6.07) is 19.4. The highest BCUT2D eigenvalue weighted by Gasteiger charge is 2.25. The first-order valence-corrected chi connectivity index (χ1v) is 11.6. The highest BCUT2D eigenvalue weighted by molar-refractivity contribution is 7.92. The Bertz CT molecular complexity index is 1230. The largest absolute Gasteiger partial charge is 0.497 e. The van der Waals surface area contributed by atoms with Crippen LogP contribution >= 0.6 is 11.6 Å². The van der Waals surface area contributed by atoms with Crippen LogP contribution in [0.3, 0.4) is 0 Å². The topological polar surface area (TPSA) is 75.7 Å². The van der Waals surface area contributed by atoms with E-state index in [-0.39, 0.29) is 15.8 Å². The molecule has 0 aromatic heterocycles. The molecule has 3 aromatic carbocycles. The summed E-state index contributed by atoms with van der Waals surface area (Å²) in [7, 11) is -2.40. The predicted molar refractivity (Wildman–Crippen MR) is 121 cm³/mol. The number of hydrogen-bond acceptors (Lipinski definition) is 4. The number of anilines is 2. The molecule has 3 aromatic rings. The van der Waals surface area contributed by atoms with Gasteiger partial charge in [-0.15, -0.1) is 0 Å². The molecule has 0 aliphatic carbocycles. The second-order valence-corrected chi connectivity index (χ2v) is 9.27.